The van der Waals surface area contributed by atoms with Gasteiger partial charge in [-0.3, -0.25) is 10.1 Å². The second-order valence-corrected chi connectivity index (χ2v) is 4.41. The molecule has 22 heavy (non-hydrogen) atoms. The van der Waals surface area contributed by atoms with E-state index in [4.69, 9.17) is 21.7 Å². The molecule has 0 unspecified atom stereocenters. The van der Waals surface area contributed by atoms with Crippen molar-refractivity contribution < 1.29 is 19.2 Å². The highest BCUT2D eigenvalue weighted by atomic mass is 35.5. The van der Waals surface area contributed by atoms with Crippen molar-refractivity contribution in [1.29, 1.82) is 5.26 Å². The maximum absolute atomic E-state index is 11.6. The van der Waals surface area contributed by atoms with Crippen molar-refractivity contribution in [1.82, 2.24) is 5.32 Å². The number of alkyl carbamates (subject to hydrolysis) is 1. The number of amides is 2. The van der Waals surface area contributed by atoms with Crippen molar-refractivity contribution in [3.05, 3.63) is 34.9 Å². The molecule has 0 spiro atoms. The first-order valence-corrected chi connectivity index (χ1v) is 6.71. The largest absolute Gasteiger partial charge is 0.450 e. The molecule has 0 aromatic heterocycles. The van der Waals surface area contributed by atoms with Crippen molar-refractivity contribution in [3.8, 4) is 6.07 Å². The summed E-state index contributed by atoms with van der Waals surface area (Å²) in [5.74, 6) is -2.09. The van der Waals surface area contributed by atoms with Crippen LogP contribution in [0.3, 0.4) is 0 Å². The monoisotopic (exact) mass is 323 g/mol. The van der Waals surface area contributed by atoms with Crippen molar-refractivity contribution in [2.45, 2.75) is 13.5 Å². The first kappa shape index (κ1) is 17.5. The Balaban J connectivity index is 2.45. The summed E-state index contributed by atoms with van der Waals surface area (Å²) in [4.78, 5) is 27.6. The number of carbonyl (C=O) groups is 2. The Labute approximate surface area is 132 Å². The Morgan fingerprint density at radius 3 is 2.73 bits per heavy atom. The van der Waals surface area contributed by atoms with Crippen molar-refractivity contribution >= 4 is 29.8 Å². The van der Waals surface area contributed by atoms with Crippen LogP contribution in [0.1, 0.15) is 12.5 Å². The lowest BCUT2D eigenvalue weighted by Gasteiger charge is -2.05. The molecule has 1 N–H and O–H groups in total. The van der Waals surface area contributed by atoms with Crippen molar-refractivity contribution in [3.63, 3.8) is 0 Å². The highest BCUT2D eigenvalue weighted by Crippen LogP contribution is 2.10. The summed E-state index contributed by atoms with van der Waals surface area (Å²) < 4.78 is 4.53. The van der Waals surface area contributed by atoms with E-state index in [1.807, 2.05) is 5.32 Å². The van der Waals surface area contributed by atoms with E-state index in [9.17, 15) is 9.59 Å². The molecule has 0 fully saturated rings. The number of nitrogens with zero attached hydrogens (tertiary/aromatic N) is 2. The molecule has 1 aromatic rings. The fourth-order valence-corrected chi connectivity index (χ4v) is 1.43. The molecule has 1 rings (SSSR count). The average molecular weight is 324 g/mol. The van der Waals surface area contributed by atoms with Crippen LogP contribution in [0.4, 0.5) is 4.79 Å². The number of carbonyl (C=O) groups excluding carboxylic acids is 2. The minimum atomic E-state index is -1.25. The predicted octanol–water partition coefficient (Wildman–Crippen LogP) is 2.25. The van der Waals surface area contributed by atoms with Crippen molar-refractivity contribution in [2.75, 3.05) is 6.61 Å². The Morgan fingerprint density at radius 2 is 2.14 bits per heavy atom. The predicted molar refractivity (Wildman–Crippen MR) is 79.0 cm³/mol. The third-order valence-corrected chi connectivity index (χ3v) is 2.60. The van der Waals surface area contributed by atoms with Gasteiger partial charge >= 0.3 is 6.09 Å². The number of oxime groups is 1. The Bertz CT molecular complexity index is 581. The third kappa shape index (κ3) is 6.24. The van der Waals surface area contributed by atoms with Crippen LogP contribution in [0, 0.1) is 17.2 Å². The van der Waals surface area contributed by atoms with E-state index < -0.39 is 17.9 Å². The van der Waals surface area contributed by atoms with Crippen LogP contribution in [0.25, 0.3) is 0 Å². The van der Waals surface area contributed by atoms with E-state index in [0.29, 0.717) is 5.02 Å². The molecule has 0 aliphatic rings. The van der Waals surface area contributed by atoms with E-state index >= 15 is 0 Å². The average Bonchev–Trinajstić information content (AvgIpc) is 2.49. The summed E-state index contributed by atoms with van der Waals surface area (Å²) in [5, 5.41) is 14.9. The van der Waals surface area contributed by atoms with Crippen LogP contribution in [0.5, 0.6) is 0 Å². The zero-order chi connectivity index (χ0) is 16.4. The summed E-state index contributed by atoms with van der Waals surface area (Å²) >= 11 is 5.74. The molecule has 1 aromatic carbocycles. The minimum Gasteiger partial charge on any atom is -0.450 e. The summed E-state index contributed by atoms with van der Waals surface area (Å²) in [6, 6.07) is 8.61. The van der Waals surface area contributed by atoms with Gasteiger partial charge in [-0.2, -0.15) is 5.26 Å². The molecule has 1 atom stereocenters. The SMILES string of the molecule is CCOC(=O)NC(=O)[C@@H](C#N)/C=N\OCc1ccc(Cl)cc1. The maximum atomic E-state index is 11.6. The van der Waals surface area contributed by atoms with Gasteiger partial charge in [-0.15, -0.1) is 0 Å². The highest BCUT2D eigenvalue weighted by Gasteiger charge is 2.18. The van der Waals surface area contributed by atoms with Crippen LogP contribution in [-0.2, 0) is 21.0 Å². The molecule has 0 saturated carbocycles. The number of imide groups is 1. The number of benzene rings is 1. The van der Waals surface area contributed by atoms with Gasteiger partial charge in [0.05, 0.1) is 18.9 Å². The van der Waals surface area contributed by atoms with Crippen molar-refractivity contribution in [2.24, 2.45) is 11.1 Å². The molecule has 7 nitrogen and oxygen atoms in total. The molecule has 2 amide bonds. The summed E-state index contributed by atoms with van der Waals surface area (Å²) in [7, 11) is 0. The number of nitrogens with one attached hydrogen (secondary N) is 1. The van der Waals surface area contributed by atoms with Gasteiger partial charge in [0.15, 0.2) is 5.92 Å². The normalized spacial score (nSPS) is 11.5. The molecular weight excluding hydrogens is 310 g/mol. The smallest absolute Gasteiger partial charge is 0.413 e. The summed E-state index contributed by atoms with van der Waals surface area (Å²) in [6.45, 7) is 1.87. The zero-order valence-electron chi connectivity index (χ0n) is 11.8. The first-order chi connectivity index (χ1) is 10.6. The quantitative estimate of drug-likeness (QED) is 0.639. The second kappa shape index (κ2) is 9.37. The molecule has 0 aliphatic heterocycles. The molecule has 116 valence electrons. The second-order valence-electron chi connectivity index (χ2n) is 3.97. The van der Waals surface area contributed by atoms with E-state index in [0.717, 1.165) is 11.8 Å². The maximum Gasteiger partial charge on any atom is 0.413 e. The van der Waals surface area contributed by atoms with Gasteiger partial charge in [-0.05, 0) is 24.6 Å². The van der Waals surface area contributed by atoms with Gasteiger partial charge in [-0.25, -0.2) is 4.79 Å². The fourth-order valence-electron chi connectivity index (χ4n) is 1.30. The number of hydrogen-bond donors (Lipinski definition) is 1. The first-order valence-electron chi connectivity index (χ1n) is 6.34. The van der Waals surface area contributed by atoms with Crippen LogP contribution >= 0.6 is 11.6 Å². The summed E-state index contributed by atoms with van der Waals surface area (Å²) in [5.41, 5.74) is 0.825. The third-order valence-electron chi connectivity index (χ3n) is 2.35. The molecule has 0 saturated heterocycles. The minimum absolute atomic E-state index is 0.120. The van der Waals surface area contributed by atoms with E-state index in [2.05, 4.69) is 9.89 Å². The van der Waals surface area contributed by atoms with Gasteiger partial charge in [0.1, 0.15) is 6.61 Å². The van der Waals surface area contributed by atoms with E-state index in [1.54, 1.807) is 37.3 Å². The fraction of sp³-hybridized carbons (Fsp3) is 0.286. The lowest BCUT2D eigenvalue weighted by molar-refractivity contribution is -0.121. The standard InChI is InChI=1S/C14H14ClN3O4/c1-2-21-14(20)18-13(19)11(7-16)8-17-22-9-10-3-5-12(15)6-4-10/h3-6,8,11H,2,9H2,1H3,(H,18,19,20)/b17-8-/t11-/m0/s1. The number of hydrogen-bond acceptors (Lipinski definition) is 6. The number of halogens is 1. The zero-order valence-corrected chi connectivity index (χ0v) is 12.5. The van der Waals surface area contributed by atoms with E-state index in [-0.39, 0.29) is 13.2 Å². The molecule has 8 heteroatoms. The van der Waals surface area contributed by atoms with Crippen LogP contribution < -0.4 is 5.32 Å². The molecular formula is C14H14ClN3O4. The van der Waals surface area contributed by atoms with Gasteiger partial charge in [0, 0.05) is 5.02 Å². The summed E-state index contributed by atoms with van der Waals surface area (Å²) in [6.07, 6.45) is 0.0908. The molecule has 0 bridgehead atoms. The number of nitriles is 1. The number of rotatable bonds is 6. The molecule has 0 aliphatic carbocycles. The molecule has 0 heterocycles. The van der Waals surface area contributed by atoms with Gasteiger partial charge in [0.2, 0.25) is 0 Å². The number of ether oxygens (including phenoxy) is 1. The lowest BCUT2D eigenvalue weighted by Crippen LogP contribution is -2.36. The van der Waals surface area contributed by atoms with Gasteiger partial charge in [-0.1, -0.05) is 28.9 Å². The van der Waals surface area contributed by atoms with Crippen LogP contribution in [-0.4, -0.2) is 24.8 Å². The lowest BCUT2D eigenvalue weighted by atomic mass is 10.2. The van der Waals surface area contributed by atoms with Crippen LogP contribution in [0.2, 0.25) is 5.02 Å². The van der Waals surface area contributed by atoms with E-state index in [1.165, 1.54) is 0 Å². The Hall–Kier alpha value is -2.59. The molecule has 0 radical (unpaired) electrons. The Morgan fingerprint density at radius 1 is 1.45 bits per heavy atom. The topological polar surface area (TPSA) is 101 Å². The Kier molecular flexibility index (Phi) is 7.43. The van der Waals surface area contributed by atoms with Gasteiger partial charge in [0.25, 0.3) is 5.91 Å². The van der Waals surface area contributed by atoms with Crippen LogP contribution in [0.15, 0.2) is 29.4 Å². The van der Waals surface area contributed by atoms with Gasteiger partial charge < -0.3 is 9.57 Å². The highest BCUT2D eigenvalue weighted by molar-refractivity contribution is 6.30.